The van der Waals surface area contributed by atoms with E-state index in [1.165, 1.54) is 19.3 Å². The third kappa shape index (κ3) is 4.89. The zero-order chi connectivity index (χ0) is 15.8. The lowest BCUT2D eigenvalue weighted by Gasteiger charge is -2.53. The molecule has 0 radical (unpaired) electrons. The Labute approximate surface area is 133 Å². The van der Waals surface area contributed by atoms with Crippen molar-refractivity contribution in [2.24, 2.45) is 35.5 Å². The highest BCUT2D eigenvalue weighted by Gasteiger charge is 2.47. The molecule has 0 N–H and O–H groups in total. The van der Waals surface area contributed by atoms with Gasteiger partial charge in [-0.2, -0.15) is 0 Å². The van der Waals surface area contributed by atoms with Crippen LogP contribution >= 0.6 is 0 Å². The molecule has 1 saturated carbocycles. The highest BCUT2D eigenvalue weighted by Crippen LogP contribution is 2.53. The Morgan fingerprint density at radius 2 is 1.86 bits per heavy atom. The smallest absolute Gasteiger partial charge is 0.0174 e. The Morgan fingerprint density at radius 1 is 1.14 bits per heavy atom. The summed E-state index contributed by atoms with van der Waals surface area (Å²) in [4.78, 5) is 0. The van der Waals surface area contributed by atoms with Gasteiger partial charge in [0, 0.05) is 0 Å². The fourth-order valence-electron chi connectivity index (χ4n) is 4.25. The van der Waals surface area contributed by atoms with E-state index in [1.54, 1.807) is 0 Å². The Bertz CT molecular complexity index is 369. The zero-order valence-corrected chi connectivity index (χ0v) is 15.1. The number of allylic oxidation sites excluding steroid dienone is 3. The maximum Gasteiger partial charge on any atom is -0.0174 e. The lowest BCUT2D eigenvalue weighted by Crippen LogP contribution is -2.48. The Hall–Kier alpha value is -0.740. The molecule has 0 heterocycles. The van der Waals surface area contributed by atoms with Gasteiger partial charge in [-0.1, -0.05) is 53.2 Å². The minimum absolute atomic E-state index is 0.777. The van der Waals surface area contributed by atoms with Crippen LogP contribution < -0.4 is 0 Å². The van der Waals surface area contributed by atoms with Crippen molar-refractivity contribution in [2.75, 3.05) is 0 Å². The molecular formula is C21H36. The van der Waals surface area contributed by atoms with Crippen LogP contribution in [-0.4, -0.2) is 0 Å². The fourth-order valence-corrected chi connectivity index (χ4v) is 4.25. The number of hydrogen-bond donors (Lipinski definition) is 0. The first-order valence-corrected chi connectivity index (χ1v) is 9.08. The summed E-state index contributed by atoms with van der Waals surface area (Å²) < 4.78 is 0. The molecule has 6 unspecified atom stereocenters. The number of rotatable bonds is 8. The first-order valence-electron chi connectivity index (χ1n) is 9.08. The van der Waals surface area contributed by atoms with Gasteiger partial charge < -0.3 is 0 Å². The van der Waals surface area contributed by atoms with Gasteiger partial charge in [-0.25, -0.2) is 0 Å². The molecule has 0 aromatic rings. The molecule has 0 aliphatic heterocycles. The van der Waals surface area contributed by atoms with Crippen molar-refractivity contribution in [3.8, 4) is 0 Å². The molecule has 0 aromatic heterocycles. The Balaban J connectivity index is 2.64. The van der Waals surface area contributed by atoms with Crippen molar-refractivity contribution in [1.82, 2.24) is 0 Å². The third-order valence-corrected chi connectivity index (χ3v) is 5.55. The second-order valence-corrected chi connectivity index (χ2v) is 7.15. The van der Waals surface area contributed by atoms with Crippen molar-refractivity contribution in [1.29, 1.82) is 0 Å². The van der Waals surface area contributed by atoms with E-state index in [2.05, 4.69) is 71.6 Å². The summed E-state index contributed by atoms with van der Waals surface area (Å²) in [5, 5.41) is 0. The maximum atomic E-state index is 3.30. The van der Waals surface area contributed by atoms with E-state index in [0.29, 0.717) is 0 Å². The molecule has 0 saturated heterocycles. The maximum absolute atomic E-state index is 3.30. The van der Waals surface area contributed by atoms with Crippen molar-refractivity contribution < 1.29 is 0 Å². The molecule has 0 nitrogen and oxygen atoms in total. The summed E-state index contributed by atoms with van der Waals surface area (Å²) in [5.74, 6) is 5.14. The van der Waals surface area contributed by atoms with E-state index in [0.717, 1.165) is 41.9 Å². The molecule has 21 heavy (non-hydrogen) atoms. The van der Waals surface area contributed by atoms with Crippen LogP contribution in [0.4, 0.5) is 0 Å². The van der Waals surface area contributed by atoms with Gasteiger partial charge in [0.05, 0.1) is 0 Å². The van der Waals surface area contributed by atoms with E-state index in [9.17, 15) is 0 Å². The molecule has 1 fully saturated rings. The van der Waals surface area contributed by atoms with Gasteiger partial charge in [0.25, 0.3) is 0 Å². The van der Waals surface area contributed by atoms with Crippen molar-refractivity contribution >= 4 is 0 Å². The van der Waals surface area contributed by atoms with Crippen LogP contribution in [0.15, 0.2) is 30.0 Å². The lowest BCUT2D eigenvalue weighted by atomic mass is 9.51. The highest BCUT2D eigenvalue weighted by molar-refractivity contribution is 5.06. The highest BCUT2D eigenvalue weighted by atomic mass is 14.5. The van der Waals surface area contributed by atoms with Crippen LogP contribution in [0.2, 0.25) is 0 Å². The van der Waals surface area contributed by atoms with Gasteiger partial charge in [0.15, 0.2) is 0 Å². The molecule has 0 bridgehead atoms. The second kappa shape index (κ2) is 9.31. The van der Waals surface area contributed by atoms with E-state index in [1.807, 2.05) is 0 Å². The molecule has 0 heteroatoms. The predicted octanol–water partition coefficient (Wildman–Crippen LogP) is 6.64. The molecule has 1 rings (SSSR count). The molecule has 0 spiro atoms. The first-order chi connectivity index (χ1) is 10.1. The van der Waals surface area contributed by atoms with Gasteiger partial charge in [-0.3, -0.25) is 0 Å². The molecule has 1 aliphatic rings. The molecular weight excluding hydrogens is 252 g/mol. The van der Waals surface area contributed by atoms with Gasteiger partial charge >= 0.3 is 0 Å². The molecule has 1 aliphatic carbocycles. The third-order valence-electron chi connectivity index (χ3n) is 5.55. The fraction of sp³-hybridized carbons (Fsp3) is 0.762. The largest absolute Gasteiger partial charge is 0.130 e. The van der Waals surface area contributed by atoms with Gasteiger partial charge in [-0.05, 0) is 73.8 Å². The van der Waals surface area contributed by atoms with Gasteiger partial charge in [0.1, 0.15) is 0 Å². The number of hydrogen-bond acceptors (Lipinski definition) is 0. The van der Waals surface area contributed by atoms with Crippen LogP contribution in [0.5, 0.6) is 0 Å². The van der Waals surface area contributed by atoms with E-state index in [-0.39, 0.29) is 0 Å². The SMILES string of the molecule is CC=CC1C(C)C(C(C)CC)C1CC(C)CC=C=CCC. The molecule has 0 aromatic carbocycles. The molecule has 6 atom stereocenters. The molecule has 0 amide bonds. The average molecular weight is 289 g/mol. The van der Waals surface area contributed by atoms with Crippen LogP contribution in [0, 0.1) is 35.5 Å². The van der Waals surface area contributed by atoms with E-state index in [4.69, 9.17) is 0 Å². The lowest BCUT2D eigenvalue weighted by molar-refractivity contribution is -0.0315. The van der Waals surface area contributed by atoms with Gasteiger partial charge in [-0.15, -0.1) is 5.73 Å². The average Bonchev–Trinajstić information content (AvgIpc) is 2.48. The summed E-state index contributed by atoms with van der Waals surface area (Å²) in [5.41, 5.74) is 3.30. The second-order valence-electron chi connectivity index (χ2n) is 7.15. The first kappa shape index (κ1) is 18.3. The summed E-state index contributed by atoms with van der Waals surface area (Å²) >= 11 is 0. The van der Waals surface area contributed by atoms with E-state index >= 15 is 0 Å². The Kier molecular flexibility index (Phi) is 8.12. The summed E-state index contributed by atoms with van der Waals surface area (Å²) in [6, 6.07) is 0. The summed E-state index contributed by atoms with van der Waals surface area (Å²) in [6.45, 7) is 14.0. The monoisotopic (exact) mass is 288 g/mol. The van der Waals surface area contributed by atoms with Crippen LogP contribution in [0.25, 0.3) is 0 Å². The zero-order valence-electron chi connectivity index (χ0n) is 15.1. The van der Waals surface area contributed by atoms with Crippen molar-refractivity contribution in [3.05, 3.63) is 30.0 Å². The Morgan fingerprint density at radius 3 is 2.43 bits per heavy atom. The summed E-state index contributed by atoms with van der Waals surface area (Å²) in [6.07, 6.45) is 14.0. The van der Waals surface area contributed by atoms with Crippen molar-refractivity contribution in [3.63, 3.8) is 0 Å². The van der Waals surface area contributed by atoms with Crippen molar-refractivity contribution in [2.45, 2.75) is 67.2 Å². The summed E-state index contributed by atoms with van der Waals surface area (Å²) in [7, 11) is 0. The minimum Gasteiger partial charge on any atom is -0.130 e. The topological polar surface area (TPSA) is 0 Å². The normalized spacial score (nSPS) is 31.3. The molecule has 120 valence electrons. The van der Waals surface area contributed by atoms with Gasteiger partial charge in [0.2, 0.25) is 0 Å². The predicted molar refractivity (Wildman–Crippen MR) is 95.2 cm³/mol. The van der Waals surface area contributed by atoms with Crippen LogP contribution in [0.1, 0.15) is 67.2 Å². The van der Waals surface area contributed by atoms with Crippen LogP contribution in [-0.2, 0) is 0 Å². The van der Waals surface area contributed by atoms with Crippen LogP contribution in [0.3, 0.4) is 0 Å². The standard InChI is InChI=1S/C21H36/c1-7-10-11-12-14-16(4)15-20-19(13-8-2)18(6)21(20)17(5)9-3/h8,10,12-13,16-21H,7,9,14-15H2,1-6H3. The quantitative estimate of drug-likeness (QED) is 0.347. The van der Waals surface area contributed by atoms with E-state index < -0.39 is 0 Å². The minimum atomic E-state index is 0.777.